The van der Waals surface area contributed by atoms with E-state index >= 15 is 0 Å². The molecule has 0 aliphatic carbocycles. The molecule has 74 valence electrons. The zero-order valence-corrected chi connectivity index (χ0v) is 7.94. The number of nitrogens with two attached hydrogens (primary N) is 1. The minimum Gasteiger partial charge on any atom is -0.501 e. The van der Waals surface area contributed by atoms with Gasteiger partial charge in [0, 0.05) is 6.42 Å². The quantitative estimate of drug-likeness (QED) is 0.561. The maximum atomic E-state index is 5.54. The molecule has 1 atom stereocenters. The van der Waals surface area contributed by atoms with E-state index in [1.807, 2.05) is 18.2 Å². The van der Waals surface area contributed by atoms with Gasteiger partial charge in [-0.15, -0.1) is 0 Å². The van der Waals surface area contributed by atoms with Gasteiger partial charge in [0.25, 0.3) is 0 Å². The van der Waals surface area contributed by atoms with Gasteiger partial charge >= 0.3 is 0 Å². The molecule has 1 aromatic rings. The van der Waals surface area contributed by atoms with Crippen LogP contribution < -0.4 is 11.3 Å². The molecule has 0 fully saturated rings. The fourth-order valence-corrected chi connectivity index (χ4v) is 1.68. The van der Waals surface area contributed by atoms with Gasteiger partial charge in [0.05, 0.1) is 18.9 Å². The van der Waals surface area contributed by atoms with E-state index in [2.05, 4.69) is 17.6 Å². The molecule has 1 aliphatic heterocycles. The molecule has 0 saturated carbocycles. The van der Waals surface area contributed by atoms with Crippen molar-refractivity contribution in [1.82, 2.24) is 5.43 Å². The van der Waals surface area contributed by atoms with Gasteiger partial charge in [0.2, 0.25) is 0 Å². The fraction of sp³-hybridized carbons (Fsp3) is 0.273. The van der Waals surface area contributed by atoms with Gasteiger partial charge in [-0.2, -0.15) is 0 Å². The number of hydrogen-bond acceptors (Lipinski definition) is 3. The fourth-order valence-electron chi connectivity index (χ4n) is 1.68. The molecular weight excluding hydrogens is 176 g/mol. The maximum absolute atomic E-state index is 5.54. The van der Waals surface area contributed by atoms with E-state index in [9.17, 15) is 0 Å². The predicted octanol–water partition coefficient (Wildman–Crippen LogP) is 1.50. The normalized spacial score (nSPS) is 17.4. The summed E-state index contributed by atoms with van der Waals surface area (Å²) in [7, 11) is 0. The van der Waals surface area contributed by atoms with Crippen molar-refractivity contribution in [2.75, 3.05) is 6.61 Å². The van der Waals surface area contributed by atoms with Crippen LogP contribution >= 0.6 is 0 Å². The summed E-state index contributed by atoms with van der Waals surface area (Å²) in [5.74, 6) is 5.54. The minimum absolute atomic E-state index is 0.0821. The van der Waals surface area contributed by atoms with E-state index in [1.54, 1.807) is 6.26 Å². The Balaban J connectivity index is 2.21. The molecule has 1 heterocycles. The molecule has 0 spiro atoms. The van der Waals surface area contributed by atoms with Crippen LogP contribution in [0.4, 0.5) is 0 Å². The molecule has 2 rings (SSSR count). The van der Waals surface area contributed by atoms with E-state index < -0.39 is 0 Å². The lowest BCUT2D eigenvalue weighted by atomic mass is 9.99. The standard InChI is InChI=1S/C11H14N2O/c12-13-11(10-6-7-14-8-10)9-4-2-1-3-5-9/h1-5,8,11,13H,6-7,12H2. The van der Waals surface area contributed by atoms with Crippen LogP contribution in [0.1, 0.15) is 18.0 Å². The highest BCUT2D eigenvalue weighted by Gasteiger charge is 2.18. The van der Waals surface area contributed by atoms with Crippen LogP contribution in [0.25, 0.3) is 0 Å². The summed E-state index contributed by atoms with van der Waals surface area (Å²) in [6, 6.07) is 10.2. The SMILES string of the molecule is NNC(C1=COCC1)c1ccccc1. The van der Waals surface area contributed by atoms with Crippen LogP contribution in [-0.4, -0.2) is 6.61 Å². The van der Waals surface area contributed by atoms with Gasteiger partial charge in [-0.3, -0.25) is 5.84 Å². The first kappa shape index (κ1) is 9.24. The first-order chi connectivity index (χ1) is 6.92. The van der Waals surface area contributed by atoms with Crippen LogP contribution in [0.3, 0.4) is 0 Å². The van der Waals surface area contributed by atoms with Gasteiger partial charge in [-0.1, -0.05) is 30.3 Å². The molecule has 1 aliphatic rings. The van der Waals surface area contributed by atoms with E-state index in [-0.39, 0.29) is 6.04 Å². The Hall–Kier alpha value is -1.32. The van der Waals surface area contributed by atoms with Crippen LogP contribution in [0.5, 0.6) is 0 Å². The molecule has 3 nitrogen and oxygen atoms in total. The number of hydrazine groups is 1. The number of benzene rings is 1. The van der Waals surface area contributed by atoms with Crippen molar-refractivity contribution in [2.24, 2.45) is 5.84 Å². The van der Waals surface area contributed by atoms with Crippen molar-refractivity contribution in [2.45, 2.75) is 12.5 Å². The van der Waals surface area contributed by atoms with Gasteiger partial charge in [-0.25, -0.2) is 5.43 Å². The van der Waals surface area contributed by atoms with E-state index in [0.29, 0.717) is 0 Å². The summed E-state index contributed by atoms with van der Waals surface area (Å²) in [5.41, 5.74) is 5.19. The summed E-state index contributed by atoms with van der Waals surface area (Å²) in [6.45, 7) is 0.764. The van der Waals surface area contributed by atoms with Crippen molar-refractivity contribution in [1.29, 1.82) is 0 Å². The molecule has 0 aromatic heterocycles. The minimum atomic E-state index is 0.0821. The highest BCUT2D eigenvalue weighted by molar-refractivity contribution is 5.28. The second kappa shape index (κ2) is 4.26. The number of hydrogen-bond donors (Lipinski definition) is 2. The zero-order chi connectivity index (χ0) is 9.80. The molecular formula is C11H14N2O. The molecule has 3 heteroatoms. The highest BCUT2D eigenvalue weighted by Crippen LogP contribution is 2.26. The second-order valence-corrected chi connectivity index (χ2v) is 3.32. The maximum Gasteiger partial charge on any atom is 0.0912 e. The number of rotatable bonds is 3. The molecule has 0 bridgehead atoms. The van der Waals surface area contributed by atoms with E-state index in [1.165, 1.54) is 11.1 Å². The average molecular weight is 190 g/mol. The third-order valence-electron chi connectivity index (χ3n) is 2.41. The lowest BCUT2D eigenvalue weighted by Gasteiger charge is -2.16. The van der Waals surface area contributed by atoms with Crippen LogP contribution in [-0.2, 0) is 4.74 Å². The average Bonchev–Trinajstić information content (AvgIpc) is 2.74. The van der Waals surface area contributed by atoms with Crippen LogP contribution in [0.15, 0.2) is 42.2 Å². The molecule has 1 unspecified atom stereocenters. The Kier molecular flexibility index (Phi) is 2.81. The topological polar surface area (TPSA) is 47.3 Å². The molecule has 1 aromatic carbocycles. The molecule has 14 heavy (non-hydrogen) atoms. The van der Waals surface area contributed by atoms with Gasteiger partial charge < -0.3 is 4.74 Å². The molecule has 0 amide bonds. The summed E-state index contributed by atoms with van der Waals surface area (Å²) < 4.78 is 5.20. The van der Waals surface area contributed by atoms with E-state index in [4.69, 9.17) is 10.6 Å². The van der Waals surface area contributed by atoms with Gasteiger partial charge in [0.15, 0.2) is 0 Å². The molecule has 0 radical (unpaired) electrons. The first-order valence-corrected chi connectivity index (χ1v) is 4.73. The van der Waals surface area contributed by atoms with Crippen molar-refractivity contribution >= 4 is 0 Å². The Morgan fingerprint density at radius 2 is 2.07 bits per heavy atom. The Bertz CT molecular complexity index is 321. The smallest absolute Gasteiger partial charge is 0.0912 e. The summed E-state index contributed by atoms with van der Waals surface area (Å²) in [5, 5.41) is 0. The third kappa shape index (κ3) is 1.78. The van der Waals surface area contributed by atoms with Crippen molar-refractivity contribution in [3.05, 3.63) is 47.7 Å². The van der Waals surface area contributed by atoms with Crippen LogP contribution in [0, 0.1) is 0 Å². The lowest BCUT2D eigenvalue weighted by molar-refractivity contribution is 0.281. The summed E-state index contributed by atoms with van der Waals surface area (Å²) in [6.07, 6.45) is 2.75. The Morgan fingerprint density at radius 1 is 1.29 bits per heavy atom. The monoisotopic (exact) mass is 190 g/mol. The Labute approximate surface area is 83.5 Å². The summed E-state index contributed by atoms with van der Waals surface area (Å²) >= 11 is 0. The third-order valence-corrected chi connectivity index (χ3v) is 2.41. The number of ether oxygens (including phenoxy) is 1. The molecule has 0 saturated heterocycles. The van der Waals surface area contributed by atoms with Crippen molar-refractivity contribution < 1.29 is 4.74 Å². The number of nitrogens with one attached hydrogen (secondary N) is 1. The largest absolute Gasteiger partial charge is 0.501 e. The van der Waals surface area contributed by atoms with Crippen LogP contribution in [0.2, 0.25) is 0 Å². The summed E-state index contributed by atoms with van der Waals surface area (Å²) in [4.78, 5) is 0. The van der Waals surface area contributed by atoms with Crippen molar-refractivity contribution in [3.63, 3.8) is 0 Å². The van der Waals surface area contributed by atoms with Gasteiger partial charge in [-0.05, 0) is 11.1 Å². The second-order valence-electron chi connectivity index (χ2n) is 3.32. The Morgan fingerprint density at radius 3 is 2.64 bits per heavy atom. The predicted molar refractivity (Wildman–Crippen MR) is 55.2 cm³/mol. The van der Waals surface area contributed by atoms with Gasteiger partial charge in [0.1, 0.15) is 0 Å². The highest BCUT2D eigenvalue weighted by atomic mass is 16.5. The first-order valence-electron chi connectivity index (χ1n) is 4.73. The van der Waals surface area contributed by atoms with E-state index in [0.717, 1.165) is 13.0 Å². The lowest BCUT2D eigenvalue weighted by Crippen LogP contribution is -2.29. The molecule has 3 N–H and O–H groups in total. The van der Waals surface area contributed by atoms with Crippen molar-refractivity contribution in [3.8, 4) is 0 Å². The zero-order valence-electron chi connectivity index (χ0n) is 7.94.